The van der Waals surface area contributed by atoms with Crippen LogP contribution in [0.25, 0.3) is 0 Å². The van der Waals surface area contributed by atoms with Crippen molar-refractivity contribution in [1.82, 2.24) is 0 Å². The summed E-state index contributed by atoms with van der Waals surface area (Å²) >= 11 is 13.7. The fourth-order valence-electron chi connectivity index (χ4n) is 0.696. The Morgan fingerprint density at radius 2 is 1.82 bits per heavy atom. The summed E-state index contributed by atoms with van der Waals surface area (Å²) in [5.41, 5.74) is 0. The first kappa shape index (κ1) is 9.42. The third kappa shape index (κ3) is 1.92. The summed E-state index contributed by atoms with van der Waals surface area (Å²) in [4.78, 5) is 0. The monoisotopic (exact) mass is 302 g/mol. The Balaban J connectivity index is 3.29. The molecule has 0 aromatic heterocycles. The summed E-state index contributed by atoms with van der Waals surface area (Å²) in [5, 5.41) is 1.24. The summed E-state index contributed by atoms with van der Waals surface area (Å²) in [6.07, 6.45) is 0. The minimum atomic E-state index is 0.585. The molecule has 0 saturated heterocycles. The molecular formula is C7H5Cl2IO. The molecule has 0 aliphatic carbocycles. The van der Waals surface area contributed by atoms with Gasteiger partial charge in [0, 0.05) is 0 Å². The van der Waals surface area contributed by atoms with E-state index < -0.39 is 0 Å². The molecule has 0 aliphatic heterocycles. The van der Waals surface area contributed by atoms with E-state index in [1.807, 2.05) is 0 Å². The summed E-state index contributed by atoms with van der Waals surface area (Å²) in [5.74, 6) is 0.639. The van der Waals surface area contributed by atoms with Crippen molar-refractivity contribution < 1.29 is 4.74 Å². The standard InChI is InChI=1S/C7H5Cl2IO/c1-11-7-5(9)3-2-4(8)6(7)10/h2-3H,1H3. The van der Waals surface area contributed by atoms with Crippen molar-refractivity contribution in [2.24, 2.45) is 0 Å². The van der Waals surface area contributed by atoms with Crippen molar-refractivity contribution in [1.29, 1.82) is 0 Å². The zero-order valence-electron chi connectivity index (χ0n) is 5.70. The molecule has 1 nitrogen and oxygen atoms in total. The number of hydrogen-bond donors (Lipinski definition) is 0. The van der Waals surface area contributed by atoms with Gasteiger partial charge in [0.05, 0.1) is 20.7 Å². The quantitative estimate of drug-likeness (QED) is 0.569. The van der Waals surface area contributed by atoms with E-state index >= 15 is 0 Å². The molecule has 1 rings (SSSR count). The van der Waals surface area contributed by atoms with Crippen LogP contribution in [0.3, 0.4) is 0 Å². The van der Waals surface area contributed by atoms with Gasteiger partial charge in [0.15, 0.2) is 5.75 Å². The number of methoxy groups -OCH3 is 1. The highest BCUT2D eigenvalue weighted by Crippen LogP contribution is 2.34. The topological polar surface area (TPSA) is 9.23 Å². The van der Waals surface area contributed by atoms with Crippen molar-refractivity contribution in [3.63, 3.8) is 0 Å². The molecular weight excluding hydrogens is 298 g/mol. The fourth-order valence-corrected chi connectivity index (χ4v) is 1.93. The van der Waals surface area contributed by atoms with Gasteiger partial charge in [-0.05, 0) is 34.7 Å². The van der Waals surface area contributed by atoms with E-state index in [1.54, 1.807) is 19.2 Å². The summed E-state index contributed by atoms with van der Waals surface area (Å²) < 4.78 is 5.88. The predicted octanol–water partition coefficient (Wildman–Crippen LogP) is 3.61. The van der Waals surface area contributed by atoms with Crippen LogP contribution in [0.4, 0.5) is 0 Å². The summed E-state index contributed by atoms with van der Waals surface area (Å²) in [7, 11) is 1.57. The number of halogens is 3. The van der Waals surface area contributed by atoms with Crippen LogP contribution in [0.5, 0.6) is 5.75 Å². The molecule has 0 fully saturated rings. The van der Waals surface area contributed by atoms with Crippen LogP contribution >= 0.6 is 45.8 Å². The van der Waals surface area contributed by atoms with Crippen LogP contribution in [-0.4, -0.2) is 7.11 Å². The molecule has 0 spiro atoms. The van der Waals surface area contributed by atoms with Crippen molar-refractivity contribution in [2.75, 3.05) is 7.11 Å². The minimum absolute atomic E-state index is 0.585. The molecule has 0 radical (unpaired) electrons. The average molecular weight is 303 g/mol. The molecule has 0 N–H and O–H groups in total. The SMILES string of the molecule is COc1c(Cl)ccc(Cl)c1I. The second-order valence-electron chi connectivity index (χ2n) is 1.88. The second-order valence-corrected chi connectivity index (χ2v) is 3.77. The van der Waals surface area contributed by atoms with Crippen LogP contribution in [0, 0.1) is 3.57 Å². The maximum absolute atomic E-state index is 5.82. The van der Waals surface area contributed by atoms with Gasteiger partial charge in [-0.3, -0.25) is 0 Å². The van der Waals surface area contributed by atoms with Crippen molar-refractivity contribution in [3.05, 3.63) is 25.7 Å². The fraction of sp³-hybridized carbons (Fsp3) is 0.143. The largest absolute Gasteiger partial charge is 0.494 e. The van der Waals surface area contributed by atoms with Crippen molar-refractivity contribution in [3.8, 4) is 5.75 Å². The third-order valence-electron chi connectivity index (χ3n) is 1.21. The smallest absolute Gasteiger partial charge is 0.152 e. The molecule has 4 heteroatoms. The molecule has 11 heavy (non-hydrogen) atoms. The maximum atomic E-state index is 5.82. The van der Waals surface area contributed by atoms with Crippen LogP contribution in [0.2, 0.25) is 10.0 Å². The minimum Gasteiger partial charge on any atom is -0.494 e. The van der Waals surface area contributed by atoms with Gasteiger partial charge in [-0.25, -0.2) is 0 Å². The number of hydrogen-bond acceptors (Lipinski definition) is 1. The Morgan fingerprint density at radius 3 is 2.27 bits per heavy atom. The van der Waals surface area contributed by atoms with Gasteiger partial charge in [0.1, 0.15) is 0 Å². The van der Waals surface area contributed by atoms with E-state index in [2.05, 4.69) is 22.6 Å². The second kappa shape index (κ2) is 3.83. The Kier molecular flexibility index (Phi) is 3.28. The van der Waals surface area contributed by atoms with E-state index in [0.29, 0.717) is 15.8 Å². The zero-order chi connectivity index (χ0) is 8.43. The van der Waals surface area contributed by atoms with Gasteiger partial charge < -0.3 is 4.74 Å². The highest BCUT2D eigenvalue weighted by atomic mass is 127. The number of rotatable bonds is 1. The van der Waals surface area contributed by atoms with Crippen molar-refractivity contribution in [2.45, 2.75) is 0 Å². The summed E-state index contributed by atoms with van der Waals surface area (Å²) in [6, 6.07) is 3.46. The molecule has 0 aliphatic rings. The Morgan fingerprint density at radius 1 is 1.27 bits per heavy atom. The van der Waals surface area contributed by atoms with E-state index in [1.165, 1.54) is 0 Å². The van der Waals surface area contributed by atoms with E-state index in [-0.39, 0.29) is 0 Å². The van der Waals surface area contributed by atoms with Crippen molar-refractivity contribution >= 4 is 45.8 Å². The van der Waals surface area contributed by atoms with Gasteiger partial charge in [-0.15, -0.1) is 0 Å². The highest BCUT2D eigenvalue weighted by Gasteiger charge is 2.07. The molecule has 1 aromatic carbocycles. The van der Waals surface area contributed by atoms with Crippen LogP contribution < -0.4 is 4.74 Å². The third-order valence-corrected chi connectivity index (χ3v) is 3.21. The number of ether oxygens (including phenoxy) is 1. The van der Waals surface area contributed by atoms with E-state index in [9.17, 15) is 0 Å². The molecule has 0 atom stereocenters. The lowest BCUT2D eigenvalue weighted by molar-refractivity contribution is 0.412. The molecule has 0 bridgehead atoms. The lowest BCUT2D eigenvalue weighted by Crippen LogP contribution is -1.88. The normalized spacial score (nSPS) is 9.82. The Labute approximate surface area is 88.8 Å². The van der Waals surface area contributed by atoms with Gasteiger partial charge in [0.2, 0.25) is 0 Å². The Bertz CT molecular complexity index is 275. The average Bonchev–Trinajstić information content (AvgIpc) is 1.99. The molecule has 0 heterocycles. The molecule has 0 saturated carbocycles. The molecule has 0 amide bonds. The highest BCUT2D eigenvalue weighted by molar-refractivity contribution is 14.1. The molecule has 60 valence electrons. The van der Waals surface area contributed by atoms with Gasteiger partial charge in [0.25, 0.3) is 0 Å². The summed E-state index contributed by atoms with van der Waals surface area (Å²) in [6.45, 7) is 0. The Hall–Kier alpha value is 0.330. The lowest BCUT2D eigenvalue weighted by Gasteiger charge is -2.05. The van der Waals surface area contributed by atoms with Gasteiger partial charge >= 0.3 is 0 Å². The first-order chi connectivity index (χ1) is 5.16. The first-order valence-corrected chi connectivity index (χ1v) is 4.67. The van der Waals surface area contributed by atoms with Crippen LogP contribution in [0.1, 0.15) is 0 Å². The van der Waals surface area contributed by atoms with E-state index in [0.717, 1.165) is 3.57 Å². The van der Waals surface area contributed by atoms with Crippen LogP contribution in [-0.2, 0) is 0 Å². The number of benzene rings is 1. The molecule has 1 aromatic rings. The van der Waals surface area contributed by atoms with E-state index in [4.69, 9.17) is 27.9 Å². The lowest BCUT2D eigenvalue weighted by atomic mass is 10.3. The maximum Gasteiger partial charge on any atom is 0.152 e. The zero-order valence-corrected chi connectivity index (χ0v) is 9.37. The van der Waals surface area contributed by atoms with Gasteiger partial charge in [-0.1, -0.05) is 23.2 Å². The predicted molar refractivity (Wildman–Crippen MR) is 55.7 cm³/mol. The van der Waals surface area contributed by atoms with Gasteiger partial charge in [-0.2, -0.15) is 0 Å². The molecule has 0 unspecified atom stereocenters. The van der Waals surface area contributed by atoms with Crippen LogP contribution in [0.15, 0.2) is 12.1 Å². The first-order valence-electron chi connectivity index (χ1n) is 2.84.